The van der Waals surface area contributed by atoms with Crippen LogP contribution in [0, 0.1) is 6.92 Å². The number of aryl methyl sites for hydroxylation is 1. The lowest BCUT2D eigenvalue weighted by molar-refractivity contribution is 0.205. The minimum absolute atomic E-state index is 0.0693. The molecule has 1 aromatic rings. The third kappa shape index (κ3) is 3.47. The highest BCUT2D eigenvalue weighted by molar-refractivity contribution is 5.88. The molecule has 0 aliphatic carbocycles. The van der Waals surface area contributed by atoms with E-state index >= 15 is 0 Å². The molecule has 0 unspecified atom stereocenters. The monoisotopic (exact) mass is 237 g/mol. The first-order chi connectivity index (χ1) is 8.25. The number of hydrogen-bond acceptors (Lipinski definition) is 3. The van der Waals surface area contributed by atoms with Gasteiger partial charge in [0.1, 0.15) is 5.76 Å². The number of nitrogens with zero attached hydrogens (tertiary/aromatic N) is 2. The van der Waals surface area contributed by atoms with Crippen molar-refractivity contribution in [2.45, 2.75) is 39.0 Å². The molecule has 0 spiro atoms. The van der Waals surface area contributed by atoms with Gasteiger partial charge in [0.05, 0.1) is 0 Å². The Morgan fingerprint density at radius 2 is 1.94 bits per heavy atom. The number of aromatic nitrogens is 1. The Morgan fingerprint density at radius 3 is 2.53 bits per heavy atom. The van der Waals surface area contributed by atoms with E-state index in [9.17, 15) is 4.79 Å². The summed E-state index contributed by atoms with van der Waals surface area (Å²) in [7, 11) is 0. The molecule has 1 aliphatic heterocycles. The lowest BCUT2D eigenvalue weighted by atomic mass is 10.1. The summed E-state index contributed by atoms with van der Waals surface area (Å²) < 4.78 is 4.91. The van der Waals surface area contributed by atoms with E-state index in [-0.39, 0.29) is 6.03 Å². The minimum Gasteiger partial charge on any atom is -0.360 e. The van der Waals surface area contributed by atoms with Crippen LogP contribution in [0.4, 0.5) is 10.6 Å². The summed E-state index contributed by atoms with van der Waals surface area (Å²) >= 11 is 0. The third-order valence-corrected chi connectivity index (χ3v) is 3.01. The highest BCUT2D eigenvalue weighted by Crippen LogP contribution is 2.13. The maximum Gasteiger partial charge on any atom is 0.323 e. The summed E-state index contributed by atoms with van der Waals surface area (Å²) in [6.45, 7) is 3.48. The fraction of sp³-hybridized carbons (Fsp3) is 0.667. The standard InChI is InChI=1S/C12H19N3O2/c1-10-9-11(14-17-10)13-12(16)15-7-5-3-2-4-6-8-15/h9H,2-8H2,1H3,(H,13,14,16). The zero-order valence-electron chi connectivity index (χ0n) is 10.2. The van der Waals surface area contributed by atoms with Crippen LogP contribution in [0.3, 0.4) is 0 Å². The molecule has 0 saturated carbocycles. The van der Waals surface area contributed by atoms with E-state index in [2.05, 4.69) is 10.5 Å². The summed E-state index contributed by atoms with van der Waals surface area (Å²) in [4.78, 5) is 13.8. The van der Waals surface area contributed by atoms with Gasteiger partial charge >= 0.3 is 6.03 Å². The van der Waals surface area contributed by atoms with Crippen LogP contribution in [0.25, 0.3) is 0 Å². The average Bonchev–Trinajstić information content (AvgIpc) is 2.63. The SMILES string of the molecule is Cc1cc(NC(=O)N2CCCCCCC2)no1. The quantitative estimate of drug-likeness (QED) is 0.817. The molecule has 17 heavy (non-hydrogen) atoms. The van der Waals surface area contributed by atoms with Gasteiger partial charge in [0.25, 0.3) is 0 Å². The first kappa shape index (κ1) is 12.0. The lowest BCUT2D eigenvalue weighted by Crippen LogP contribution is -2.37. The molecule has 1 aromatic heterocycles. The molecule has 5 nitrogen and oxygen atoms in total. The zero-order chi connectivity index (χ0) is 12.1. The molecule has 2 heterocycles. The number of rotatable bonds is 1. The summed E-state index contributed by atoms with van der Waals surface area (Å²) in [5.74, 6) is 1.20. The van der Waals surface area contributed by atoms with E-state index in [1.54, 1.807) is 13.0 Å². The predicted octanol–water partition coefficient (Wildman–Crippen LogP) is 2.78. The zero-order valence-corrected chi connectivity index (χ0v) is 10.2. The highest BCUT2D eigenvalue weighted by atomic mass is 16.5. The van der Waals surface area contributed by atoms with Gasteiger partial charge in [-0.3, -0.25) is 5.32 Å². The van der Waals surface area contributed by atoms with Crippen molar-refractivity contribution in [2.75, 3.05) is 18.4 Å². The van der Waals surface area contributed by atoms with Crippen molar-refractivity contribution in [1.29, 1.82) is 0 Å². The van der Waals surface area contributed by atoms with E-state index in [0.717, 1.165) is 25.9 Å². The molecule has 94 valence electrons. The Morgan fingerprint density at radius 1 is 1.29 bits per heavy atom. The van der Waals surface area contributed by atoms with Crippen molar-refractivity contribution < 1.29 is 9.32 Å². The molecule has 0 radical (unpaired) electrons. The molecule has 1 fully saturated rings. The number of carbonyl (C=O) groups excluding carboxylic acids is 1. The molecular formula is C12H19N3O2. The predicted molar refractivity (Wildman–Crippen MR) is 64.9 cm³/mol. The van der Waals surface area contributed by atoms with Crippen molar-refractivity contribution >= 4 is 11.8 Å². The molecular weight excluding hydrogens is 218 g/mol. The van der Waals surface area contributed by atoms with Crippen molar-refractivity contribution in [3.8, 4) is 0 Å². The number of urea groups is 1. The summed E-state index contributed by atoms with van der Waals surface area (Å²) in [6.07, 6.45) is 5.90. The smallest absolute Gasteiger partial charge is 0.323 e. The summed E-state index contributed by atoms with van der Waals surface area (Å²) in [6, 6.07) is 1.65. The molecule has 2 amide bonds. The Balaban J connectivity index is 1.89. The van der Waals surface area contributed by atoms with Gasteiger partial charge in [-0.2, -0.15) is 0 Å². The van der Waals surface area contributed by atoms with Crippen LogP contribution in [0.15, 0.2) is 10.6 Å². The van der Waals surface area contributed by atoms with Crippen molar-refractivity contribution in [2.24, 2.45) is 0 Å². The highest BCUT2D eigenvalue weighted by Gasteiger charge is 2.15. The molecule has 0 aromatic carbocycles. The van der Waals surface area contributed by atoms with Crippen LogP contribution >= 0.6 is 0 Å². The average molecular weight is 237 g/mol. The second kappa shape index (κ2) is 5.70. The Labute approximate surface area is 101 Å². The first-order valence-corrected chi connectivity index (χ1v) is 6.25. The first-order valence-electron chi connectivity index (χ1n) is 6.25. The Bertz CT molecular complexity index is 368. The van der Waals surface area contributed by atoms with Gasteiger partial charge in [-0.15, -0.1) is 0 Å². The van der Waals surface area contributed by atoms with Gasteiger partial charge in [0, 0.05) is 19.2 Å². The largest absolute Gasteiger partial charge is 0.360 e. The maximum atomic E-state index is 12.0. The molecule has 1 aliphatic rings. The maximum absolute atomic E-state index is 12.0. The van der Waals surface area contributed by atoms with Crippen LogP contribution in [0.1, 0.15) is 37.9 Å². The molecule has 1 saturated heterocycles. The second-order valence-corrected chi connectivity index (χ2v) is 4.51. The van der Waals surface area contributed by atoms with Gasteiger partial charge in [-0.05, 0) is 19.8 Å². The van der Waals surface area contributed by atoms with Crippen LogP contribution < -0.4 is 5.32 Å². The van der Waals surface area contributed by atoms with Crippen molar-refractivity contribution in [3.05, 3.63) is 11.8 Å². The van der Waals surface area contributed by atoms with E-state index in [1.807, 2.05) is 4.90 Å². The number of carbonyl (C=O) groups is 1. The van der Waals surface area contributed by atoms with Gasteiger partial charge in [0.15, 0.2) is 5.82 Å². The van der Waals surface area contributed by atoms with Crippen molar-refractivity contribution in [1.82, 2.24) is 10.1 Å². The van der Waals surface area contributed by atoms with Crippen LogP contribution in [-0.2, 0) is 0 Å². The van der Waals surface area contributed by atoms with E-state index < -0.39 is 0 Å². The molecule has 0 atom stereocenters. The molecule has 1 N–H and O–H groups in total. The van der Waals surface area contributed by atoms with Crippen molar-refractivity contribution in [3.63, 3.8) is 0 Å². The summed E-state index contributed by atoms with van der Waals surface area (Å²) in [5, 5.41) is 6.52. The number of nitrogens with one attached hydrogen (secondary N) is 1. The Hall–Kier alpha value is -1.52. The fourth-order valence-electron chi connectivity index (χ4n) is 2.06. The fourth-order valence-corrected chi connectivity index (χ4v) is 2.06. The normalized spacial score (nSPS) is 17.4. The van der Waals surface area contributed by atoms with E-state index in [0.29, 0.717) is 11.6 Å². The van der Waals surface area contributed by atoms with E-state index in [1.165, 1.54) is 19.3 Å². The summed E-state index contributed by atoms with van der Waals surface area (Å²) in [5.41, 5.74) is 0. The second-order valence-electron chi connectivity index (χ2n) is 4.51. The molecule has 5 heteroatoms. The third-order valence-electron chi connectivity index (χ3n) is 3.01. The van der Waals surface area contributed by atoms with Gasteiger partial charge in [-0.25, -0.2) is 4.79 Å². The van der Waals surface area contributed by atoms with Crippen LogP contribution in [-0.4, -0.2) is 29.2 Å². The lowest BCUT2D eigenvalue weighted by Gasteiger charge is -2.24. The molecule has 0 bridgehead atoms. The van der Waals surface area contributed by atoms with E-state index in [4.69, 9.17) is 4.52 Å². The number of hydrogen-bond donors (Lipinski definition) is 1. The van der Waals surface area contributed by atoms with Gasteiger partial charge in [0.2, 0.25) is 0 Å². The van der Waals surface area contributed by atoms with Gasteiger partial charge < -0.3 is 9.42 Å². The topological polar surface area (TPSA) is 58.4 Å². The number of anilines is 1. The minimum atomic E-state index is -0.0693. The van der Waals surface area contributed by atoms with Crippen LogP contribution in [0.5, 0.6) is 0 Å². The Kier molecular flexibility index (Phi) is 4.01. The van der Waals surface area contributed by atoms with Crippen LogP contribution in [0.2, 0.25) is 0 Å². The van der Waals surface area contributed by atoms with Gasteiger partial charge in [-0.1, -0.05) is 24.4 Å². The molecule has 2 rings (SSSR count). The number of likely N-dealkylation sites (tertiary alicyclic amines) is 1. The number of amides is 2.